The first-order chi connectivity index (χ1) is 20.4. The van der Waals surface area contributed by atoms with Gasteiger partial charge in [-0.15, -0.1) is 0 Å². The van der Waals surface area contributed by atoms with E-state index < -0.39 is 0 Å². The summed E-state index contributed by atoms with van der Waals surface area (Å²) in [4.78, 5) is 14.9. The molecule has 208 valence electrons. The molecule has 1 N–H and O–H groups in total. The topological polar surface area (TPSA) is 61.1 Å². The molecule has 0 fully saturated rings. The van der Waals surface area contributed by atoms with Gasteiger partial charge in [0, 0.05) is 35.5 Å². The van der Waals surface area contributed by atoms with Gasteiger partial charge in [-0.05, 0) is 79.6 Å². The fourth-order valence-corrected chi connectivity index (χ4v) is 5.97. The van der Waals surface area contributed by atoms with Crippen molar-refractivity contribution in [2.45, 2.75) is 19.9 Å². The van der Waals surface area contributed by atoms with Gasteiger partial charge in [0.25, 0.3) is 0 Å². The largest absolute Gasteiger partial charge is 0.378 e. The fourth-order valence-electron chi connectivity index (χ4n) is 5.71. The van der Waals surface area contributed by atoms with Gasteiger partial charge in [-0.2, -0.15) is 5.10 Å². The molecular weight excluding hydrogens is 586 g/mol. The van der Waals surface area contributed by atoms with E-state index in [0.29, 0.717) is 5.84 Å². The molecule has 7 nitrogen and oxygen atoms in total. The van der Waals surface area contributed by atoms with Gasteiger partial charge in [0.05, 0.1) is 28.8 Å². The maximum Gasteiger partial charge on any atom is 0.179 e. The van der Waals surface area contributed by atoms with E-state index in [1.165, 1.54) is 0 Å². The molecule has 0 saturated carbocycles. The SMILES string of the molecule is Cc1ccccc1-n1nc(C)c2c1N=C1C(Nc3ccc(Br)cc3)=Nc3ccccc3N1[C@@H]2c1ccc(N(C)C)cc1. The van der Waals surface area contributed by atoms with Crippen LogP contribution in [-0.2, 0) is 0 Å². The molecule has 0 radical (unpaired) electrons. The molecule has 0 unspecified atom stereocenters. The van der Waals surface area contributed by atoms with Crippen molar-refractivity contribution in [3.63, 3.8) is 0 Å². The summed E-state index contributed by atoms with van der Waals surface area (Å²) < 4.78 is 3.01. The maximum absolute atomic E-state index is 5.35. The second-order valence-corrected chi connectivity index (χ2v) is 11.7. The monoisotopic (exact) mass is 615 g/mol. The first-order valence-electron chi connectivity index (χ1n) is 13.9. The van der Waals surface area contributed by atoms with Crippen LogP contribution in [0.25, 0.3) is 5.69 Å². The number of amidine groups is 2. The number of anilines is 3. The molecule has 5 aromatic rings. The van der Waals surface area contributed by atoms with Crippen molar-refractivity contribution in [1.82, 2.24) is 9.78 Å². The van der Waals surface area contributed by atoms with Crippen molar-refractivity contribution in [3.8, 4) is 5.69 Å². The number of rotatable bonds is 4. The number of fused-ring (bicyclic) bond motifs is 4. The molecule has 42 heavy (non-hydrogen) atoms. The number of para-hydroxylation sites is 3. The number of aromatic nitrogens is 2. The van der Waals surface area contributed by atoms with Crippen LogP contribution in [0.2, 0.25) is 0 Å². The molecule has 7 rings (SSSR count). The molecule has 2 aliphatic rings. The van der Waals surface area contributed by atoms with E-state index in [9.17, 15) is 0 Å². The summed E-state index contributed by atoms with van der Waals surface area (Å²) in [6.07, 6.45) is 0. The van der Waals surface area contributed by atoms with Crippen molar-refractivity contribution in [2.24, 2.45) is 9.98 Å². The average Bonchev–Trinajstić information content (AvgIpc) is 3.33. The average molecular weight is 617 g/mol. The normalized spacial score (nSPS) is 15.3. The molecule has 4 aromatic carbocycles. The summed E-state index contributed by atoms with van der Waals surface area (Å²) in [5.74, 6) is 2.26. The quantitative estimate of drug-likeness (QED) is 0.222. The second-order valence-electron chi connectivity index (χ2n) is 10.8. The van der Waals surface area contributed by atoms with Gasteiger partial charge in [-0.3, -0.25) is 0 Å². The van der Waals surface area contributed by atoms with Crippen LogP contribution in [-0.4, -0.2) is 35.5 Å². The highest BCUT2D eigenvalue weighted by molar-refractivity contribution is 9.10. The first-order valence-corrected chi connectivity index (χ1v) is 14.7. The van der Waals surface area contributed by atoms with Gasteiger partial charge in [0.1, 0.15) is 0 Å². The number of nitrogens with zero attached hydrogens (tertiary/aromatic N) is 6. The van der Waals surface area contributed by atoms with Crippen molar-refractivity contribution in [1.29, 1.82) is 0 Å². The number of benzene rings is 4. The van der Waals surface area contributed by atoms with Crippen molar-refractivity contribution in [2.75, 3.05) is 29.2 Å². The zero-order valence-corrected chi connectivity index (χ0v) is 25.5. The molecule has 0 spiro atoms. The lowest BCUT2D eigenvalue weighted by Crippen LogP contribution is -2.46. The lowest BCUT2D eigenvalue weighted by molar-refractivity contribution is 0.814. The second kappa shape index (κ2) is 10.3. The summed E-state index contributed by atoms with van der Waals surface area (Å²) in [7, 11) is 4.12. The number of hydrogen-bond acceptors (Lipinski definition) is 6. The third-order valence-corrected chi connectivity index (χ3v) is 8.34. The minimum absolute atomic E-state index is 0.167. The van der Waals surface area contributed by atoms with Gasteiger partial charge >= 0.3 is 0 Å². The highest BCUT2D eigenvalue weighted by Crippen LogP contribution is 2.48. The predicted octanol–water partition coefficient (Wildman–Crippen LogP) is 8.11. The Balaban J connectivity index is 1.49. The first kappa shape index (κ1) is 26.2. The Labute approximate surface area is 254 Å². The summed E-state index contributed by atoms with van der Waals surface area (Å²) in [6.45, 7) is 4.19. The van der Waals surface area contributed by atoms with Crippen LogP contribution in [0.1, 0.15) is 28.4 Å². The molecule has 0 aliphatic carbocycles. The van der Waals surface area contributed by atoms with E-state index in [1.807, 2.05) is 41.1 Å². The Morgan fingerprint density at radius 2 is 1.48 bits per heavy atom. The predicted molar refractivity (Wildman–Crippen MR) is 177 cm³/mol. The molecule has 0 bridgehead atoms. The molecule has 3 heterocycles. The molecule has 1 aromatic heterocycles. The van der Waals surface area contributed by atoms with E-state index >= 15 is 0 Å². The molecule has 0 amide bonds. The molecule has 1 atom stereocenters. The van der Waals surface area contributed by atoms with Crippen LogP contribution < -0.4 is 15.1 Å². The number of aliphatic imine (C=N–C) groups is 2. The van der Waals surface area contributed by atoms with Gasteiger partial charge in [-0.1, -0.05) is 58.4 Å². The van der Waals surface area contributed by atoms with Crippen molar-refractivity contribution >= 4 is 56.2 Å². The summed E-state index contributed by atoms with van der Waals surface area (Å²) in [6, 6.07) is 33.3. The van der Waals surface area contributed by atoms with Crippen LogP contribution in [0.3, 0.4) is 0 Å². The summed E-state index contributed by atoms with van der Waals surface area (Å²) in [5, 5.41) is 8.66. The molecule has 2 aliphatic heterocycles. The van der Waals surface area contributed by atoms with Crippen LogP contribution >= 0.6 is 15.9 Å². The Kier molecular flexibility index (Phi) is 6.43. The highest BCUT2D eigenvalue weighted by Gasteiger charge is 2.41. The van der Waals surface area contributed by atoms with Gasteiger partial charge in [-0.25, -0.2) is 14.7 Å². The lowest BCUT2D eigenvalue weighted by atomic mass is 9.93. The standard InChI is InChI=1S/C34H30BrN7/c1-21-9-5-7-11-28(21)42-33-30(22(2)39-42)31(23-13-19-26(20-14-23)40(3)4)41-29-12-8-6-10-27(29)37-32(34(41)38-33)36-25-17-15-24(35)16-18-25/h5-20,31H,1-4H3,(H,36,37)/t31-/m1/s1. The van der Waals surface area contributed by atoms with Gasteiger partial charge < -0.3 is 15.1 Å². The molecular formula is C34H30BrN7. The highest BCUT2D eigenvalue weighted by atomic mass is 79.9. The number of nitrogens with one attached hydrogen (secondary N) is 1. The minimum atomic E-state index is -0.167. The van der Waals surface area contributed by atoms with Crippen molar-refractivity contribution < 1.29 is 0 Å². The van der Waals surface area contributed by atoms with Gasteiger partial charge in [0.15, 0.2) is 17.5 Å². The van der Waals surface area contributed by atoms with E-state index in [2.05, 4.69) is 120 Å². The van der Waals surface area contributed by atoms with Crippen LogP contribution in [0, 0.1) is 13.8 Å². The Morgan fingerprint density at radius 1 is 0.786 bits per heavy atom. The van der Waals surface area contributed by atoms with E-state index in [1.54, 1.807) is 0 Å². The van der Waals surface area contributed by atoms with Gasteiger partial charge in [0.2, 0.25) is 0 Å². The number of halogens is 1. The number of hydrogen-bond donors (Lipinski definition) is 1. The smallest absolute Gasteiger partial charge is 0.179 e. The van der Waals surface area contributed by atoms with E-state index in [4.69, 9.17) is 15.1 Å². The third-order valence-electron chi connectivity index (χ3n) is 7.81. The Bertz CT molecular complexity index is 1870. The Hall–Kier alpha value is -4.69. The van der Waals surface area contributed by atoms with Crippen molar-refractivity contribution in [3.05, 3.63) is 124 Å². The van der Waals surface area contributed by atoms with Crippen LogP contribution in [0.15, 0.2) is 112 Å². The fraction of sp³-hybridized carbons (Fsp3) is 0.147. The number of aryl methyl sites for hydroxylation is 2. The zero-order valence-electron chi connectivity index (χ0n) is 23.9. The summed E-state index contributed by atoms with van der Waals surface area (Å²) in [5.41, 5.74) is 9.30. The minimum Gasteiger partial charge on any atom is -0.378 e. The van der Waals surface area contributed by atoms with Crippen LogP contribution in [0.4, 0.5) is 28.6 Å². The Morgan fingerprint density at radius 3 is 2.19 bits per heavy atom. The summed E-state index contributed by atoms with van der Waals surface area (Å²) >= 11 is 3.55. The molecule has 8 heteroatoms. The third kappa shape index (κ3) is 4.39. The van der Waals surface area contributed by atoms with E-state index in [-0.39, 0.29) is 6.04 Å². The lowest BCUT2D eigenvalue weighted by Gasteiger charge is -2.40. The maximum atomic E-state index is 5.35. The van der Waals surface area contributed by atoms with Crippen LogP contribution in [0.5, 0.6) is 0 Å². The van der Waals surface area contributed by atoms with E-state index in [0.717, 1.165) is 66.9 Å². The zero-order chi connectivity index (χ0) is 29.0. The molecule has 0 saturated heterocycles.